The van der Waals surface area contributed by atoms with Crippen molar-refractivity contribution in [1.29, 1.82) is 5.41 Å². The number of nitrogens with zero attached hydrogens (tertiary/aromatic N) is 1. The molecule has 0 spiro atoms. The van der Waals surface area contributed by atoms with Crippen molar-refractivity contribution in [3.05, 3.63) is 60.2 Å². The number of anilines is 1. The first kappa shape index (κ1) is 12.7. The minimum atomic E-state index is 0.570. The SMILES string of the molecule is CN(C(=N)Cc1cccc(S)c1)c1ccccc1. The molecule has 92 valence electrons. The van der Waals surface area contributed by atoms with Crippen LogP contribution in [0.15, 0.2) is 59.5 Å². The molecular weight excluding hydrogens is 240 g/mol. The molecule has 2 nitrogen and oxygen atoms in total. The normalized spacial score (nSPS) is 10.1. The quantitative estimate of drug-likeness (QED) is 0.490. The summed E-state index contributed by atoms with van der Waals surface area (Å²) in [5, 5.41) is 8.14. The zero-order valence-corrected chi connectivity index (χ0v) is 11.2. The van der Waals surface area contributed by atoms with Crippen LogP contribution in [0.3, 0.4) is 0 Å². The fraction of sp³-hybridized carbons (Fsp3) is 0.133. The van der Waals surface area contributed by atoms with E-state index in [2.05, 4.69) is 12.6 Å². The Morgan fingerprint density at radius 1 is 1.11 bits per heavy atom. The van der Waals surface area contributed by atoms with Gasteiger partial charge in [0, 0.05) is 24.1 Å². The van der Waals surface area contributed by atoms with Gasteiger partial charge < -0.3 is 4.90 Å². The highest BCUT2D eigenvalue weighted by Gasteiger charge is 2.07. The number of likely N-dealkylation sites (N-methyl/N-ethyl adjacent to an activating group) is 1. The van der Waals surface area contributed by atoms with Gasteiger partial charge in [0.15, 0.2) is 0 Å². The number of rotatable bonds is 3. The van der Waals surface area contributed by atoms with Crippen LogP contribution in [0.4, 0.5) is 5.69 Å². The van der Waals surface area contributed by atoms with Crippen molar-refractivity contribution in [2.24, 2.45) is 0 Å². The summed E-state index contributed by atoms with van der Waals surface area (Å²) in [6.07, 6.45) is 0.611. The van der Waals surface area contributed by atoms with Crippen LogP contribution in [-0.2, 0) is 6.42 Å². The summed E-state index contributed by atoms with van der Waals surface area (Å²) in [6, 6.07) is 17.9. The molecule has 2 aromatic rings. The third kappa shape index (κ3) is 3.14. The maximum absolute atomic E-state index is 8.14. The van der Waals surface area contributed by atoms with Crippen LogP contribution in [-0.4, -0.2) is 12.9 Å². The molecule has 0 aromatic heterocycles. The van der Waals surface area contributed by atoms with E-state index in [4.69, 9.17) is 5.41 Å². The molecule has 0 atom stereocenters. The van der Waals surface area contributed by atoms with E-state index in [-0.39, 0.29) is 0 Å². The molecule has 0 aliphatic rings. The first-order valence-electron chi connectivity index (χ1n) is 5.81. The molecule has 0 fully saturated rings. The molecule has 18 heavy (non-hydrogen) atoms. The number of para-hydroxylation sites is 1. The lowest BCUT2D eigenvalue weighted by atomic mass is 10.1. The molecule has 0 amide bonds. The van der Waals surface area contributed by atoms with Gasteiger partial charge >= 0.3 is 0 Å². The molecular formula is C15H16N2S. The van der Waals surface area contributed by atoms with Crippen molar-refractivity contribution in [3.63, 3.8) is 0 Å². The monoisotopic (exact) mass is 256 g/mol. The Morgan fingerprint density at radius 3 is 2.50 bits per heavy atom. The fourth-order valence-electron chi connectivity index (χ4n) is 1.79. The summed E-state index contributed by atoms with van der Waals surface area (Å²) in [5.41, 5.74) is 2.14. The lowest BCUT2D eigenvalue weighted by Gasteiger charge is -2.20. The van der Waals surface area contributed by atoms with Crippen LogP contribution in [0.1, 0.15) is 5.56 Å². The number of hydrogen-bond donors (Lipinski definition) is 2. The van der Waals surface area contributed by atoms with Crippen LogP contribution in [0.2, 0.25) is 0 Å². The van der Waals surface area contributed by atoms with Gasteiger partial charge in [-0.15, -0.1) is 12.6 Å². The van der Waals surface area contributed by atoms with Crippen molar-refractivity contribution < 1.29 is 0 Å². The van der Waals surface area contributed by atoms with Gasteiger partial charge in [-0.3, -0.25) is 5.41 Å². The highest BCUT2D eigenvalue weighted by Crippen LogP contribution is 2.14. The lowest BCUT2D eigenvalue weighted by molar-refractivity contribution is 1.14. The third-order valence-corrected chi connectivity index (χ3v) is 3.11. The average molecular weight is 256 g/mol. The minimum absolute atomic E-state index is 0.570. The van der Waals surface area contributed by atoms with Gasteiger partial charge in [-0.2, -0.15) is 0 Å². The maximum Gasteiger partial charge on any atom is 0.104 e. The van der Waals surface area contributed by atoms with E-state index in [0.29, 0.717) is 12.3 Å². The predicted molar refractivity (Wildman–Crippen MR) is 80.0 cm³/mol. The van der Waals surface area contributed by atoms with E-state index in [1.165, 1.54) is 0 Å². The molecule has 2 rings (SSSR count). The standard InChI is InChI=1S/C15H16N2S/c1-17(13-7-3-2-4-8-13)15(16)11-12-6-5-9-14(18)10-12/h2-10,16,18H,11H2,1H3. The first-order chi connectivity index (χ1) is 8.66. The first-order valence-corrected chi connectivity index (χ1v) is 6.25. The molecule has 0 aliphatic carbocycles. The highest BCUT2D eigenvalue weighted by molar-refractivity contribution is 7.80. The van der Waals surface area contributed by atoms with Gasteiger partial charge in [-0.05, 0) is 29.8 Å². The van der Waals surface area contributed by atoms with E-state index in [9.17, 15) is 0 Å². The Hall–Kier alpha value is -1.74. The van der Waals surface area contributed by atoms with Crippen molar-refractivity contribution in [2.45, 2.75) is 11.3 Å². The Kier molecular flexibility index (Phi) is 4.05. The van der Waals surface area contributed by atoms with Crippen molar-refractivity contribution in [3.8, 4) is 0 Å². The molecule has 0 saturated heterocycles. The maximum atomic E-state index is 8.14. The summed E-state index contributed by atoms with van der Waals surface area (Å²) in [6.45, 7) is 0. The summed E-state index contributed by atoms with van der Waals surface area (Å²) in [5.74, 6) is 0.570. The van der Waals surface area contributed by atoms with Gasteiger partial charge in [0.2, 0.25) is 0 Å². The van der Waals surface area contributed by atoms with Gasteiger partial charge in [0.1, 0.15) is 5.84 Å². The van der Waals surface area contributed by atoms with Crippen molar-refractivity contribution >= 4 is 24.2 Å². The van der Waals surface area contributed by atoms with Crippen LogP contribution in [0, 0.1) is 5.41 Å². The largest absolute Gasteiger partial charge is 0.333 e. The lowest BCUT2D eigenvalue weighted by Crippen LogP contribution is -2.27. The smallest absolute Gasteiger partial charge is 0.104 e. The van der Waals surface area contributed by atoms with E-state index >= 15 is 0 Å². The Morgan fingerprint density at radius 2 is 1.83 bits per heavy atom. The summed E-state index contributed by atoms with van der Waals surface area (Å²) in [7, 11) is 1.92. The Labute approximate surface area is 113 Å². The van der Waals surface area contributed by atoms with E-state index in [0.717, 1.165) is 16.1 Å². The van der Waals surface area contributed by atoms with E-state index in [1.54, 1.807) is 0 Å². The average Bonchev–Trinajstić information content (AvgIpc) is 2.39. The number of benzene rings is 2. The molecule has 3 heteroatoms. The van der Waals surface area contributed by atoms with Gasteiger partial charge in [-0.1, -0.05) is 30.3 Å². The molecule has 0 aliphatic heterocycles. The second kappa shape index (κ2) is 5.74. The highest BCUT2D eigenvalue weighted by atomic mass is 32.1. The Balaban J connectivity index is 2.09. The number of nitrogens with one attached hydrogen (secondary N) is 1. The molecule has 1 N–H and O–H groups in total. The van der Waals surface area contributed by atoms with Crippen LogP contribution < -0.4 is 4.90 Å². The van der Waals surface area contributed by atoms with Crippen LogP contribution in [0.25, 0.3) is 0 Å². The second-order valence-electron chi connectivity index (χ2n) is 4.19. The topological polar surface area (TPSA) is 27.1 Å². The predicted octanol–water partition coefficient (Wildman–Crippen LogP) is 3.63. The van der Waals surface area contributed by atoms with Gasteiger partial charge in [0.05, 0.1) is 0 Å². The van der Waals surface area contributed by atoms with Gasteiger partial charge in [0.25, 0.3) is 0 Å². The number of thiol groups is 1. The zero-order valence-electron chi connectivity index (χ0n) is 10.3. The second-order valence-corrected chi connectivity index (χ2v) is 4.70. The molecule has 0 radical (unpaired) electrons. The number of amidine groups is 1. The number of hydrogen-bond acceptors (Lipinski definition) is 2. The Bertz CT molecular complexity index is 537. The van der Waals surface area contributed by atoms with Gasteiger partial charge in [-0.25, -0.2) is 0 Å². The summed E-state index contributed by atoms with van der Waals surface area (Å²) >= 11 is 4.31. The van der Waals surface area contributed by atoms with Crippen LogP contribution >= 0.6 is 12.6 Å². The zero-order chi connectivity index (χ0) is 13.0. The van der Waals surface area contributed by atoms with Crippen molar-refractivity contribution in [2.75, 3.05) is 11.9 Å². The molecule has 0 heterocycles. The molecule has 2 aromatic carbocycles. The molecule has 0 bridgehead atoms. The summed E-state index contributed by atoms with van der Waals surface area (Å²) < 4.78 is 0. The van der Waals surface area contributed by atoms with E-state index in [1.807, 2.05) is 66.5 Å². The minimum Gasteiger partial charge on any atom is -0.333 e. The van der Waals surface area contributed by atoms with Crippen LogP contribution in [0.5, 0.6) is 0 Å². The molecule has 0 unspecified atom stereocenters. The van der Waals surface area contributed by atoms with E-state index < -0.39 is 0 Å². The molecule has 0 saturated carbocycles. The third-order valence-electron chi connectivity index (χ3n) is 2.83. The van der Waals surface area contributed by atoms with Crippen molar-refractivity contribution in [1.82, 2.24) is 0 Å². The fourth-order valence-corrected chi connectivity index (χ4v) is 2.04. The summed E-state index contributed by atoms with van der Waals surface area (Å²) in [4.78, 5) is 2.83.